The maximum absolute atomic E-state index is 2.51. The molecule has 0 unspecified atom stereocenters. The van der Waals surface area contributed by atoms with Crippen LogP contribution in [0.1, 0.15) is 99.9 Å². The first-order valence-electron chi connectivity index (χ1n) is 30.3. The van der Waals surface area contributed by atoms with Gasteiger partial charge in [0.15, 0.2) is 0 Å². The third kappa shape index (κ3) is 6.96. The lowest BCUT2D eigenvalue weighted by Crippen LogP contribution is -2.18. The average molecular weight is 1090 g/mol. The molecule has 1 heterocycles. The summed E-state index contributed by atoms with van der Waals surface area (Å²) in [5.74, 6) is 0. The number of hydrogen-bond acceptors (Lipinski definition) is 2. The lowest BCUT2D eigenvalue weighted by molar-refractivity contribution is 0.659. The van der Waals surface area contributed by atoms with Crippen molar-refractivity contribution >= 4 is 66.7 Å². The van der Waals surface area contributed by atoms with E-state index in [-0.39, 0.29) is 21.7 Å². The second-order valence-electron chi connectivity index (χ2n) is 26.5. The fourth-order valence-corrected chi connectivity index (χ4v) is 16.1. The maximum Gasteiger partial charge on any atom is 0.0561 e. The lowest BCUT2D eigenvalue weighted by atomic mass is 9.82. The van der Waals surface area contributed by atoms with Crippen molar-refractivity contribution in [3.8, 4) is 50.2 Å². The maximum atomic E-state index is 2.51. The number of benzene rings is 12. The Morgan fingerprint density at radius 1 is 0.235 bits per heavy atom. The predicted molar refractivity (Wildman–Crippen MR) is 358 cm³/mol. The van der Waals surface area contributed by atoms with Crippen LogP contribution < -0.4 is 9.80 Å². The van der Waals surface area contributed by atoms with Crippen LogP contribution in [0.15, 0.2) is 249 Å². The van der Waals surface area contributed by atoms with Gasteiger partial charge in [0.1, 0.15) is 0 Å². The highest BCUT2D eigenvalue weighted by atomic mass is 15.2. The molecule has 0 fully saturated rings. The third-order valence-electron chi connectivity index (χ3n) is 20.5. The van der Waals surface area contributed by atoms with Gasteiger partial charge in [-0.1, -0.05) is 207 Å². The Balaban J connectivity index is 0.857. The van der Waals surface area contributed by atoms with Gasteiger partial charge in [-0.05, 0) is 197 Å². The number of hydrogen-bond donors (Lipinski definition) is 0. The summed E-state index contributed by atoms with van der Waals surface area (Å²) in [6.07, 6.45) is 0. The van der Waals surface area contributed by atoms with Gasteiger partial charge in [-0.15, -0.1) is 0 Å². The second-order valence-corrected chi connectivity index (χ2v) is 26.5. The highest BCUT2D eigenvalue weighted by Crippen LogP contribution is 2.56. The molecule has 0 atom stereocenters. The molecule has 0 spiro atoms. The molecule has 0 radical (unpaired) electrons. The van der Waals surface area contributed by atoms with Gasteiger partial charge < -0.3 is 14.4 Å². The Labute approximate surface area is 498 Å². The van der Waals surface area contributed by atoms with Gasteiger partial charge >= 0.3 is 0 Å². The van der Waals surface area contributed by atoms with E-state index in [0.29, 0.717) is 0 Å². The monoisotopic (exact) mass is 1090 g/mol. The van der Waals surface area contributed by atoms with Crippen molar-refractivity contribution in [1.29, 1.82) is 0 Å². The normalized spacial score (nSPS) is 15.4. The van der Waals surface area contributed by atoms with Gasteiger partial charge in [0, 0.05) is 72.2 Å². The van der Waals surface area contributed by atoms with E-state index in [1.54, 1.807) is 0 Å². The van der Waals surface area contributed by atoms with E-state index in [4.69, 9.17) is 0 Å². The zero-order chi connectivity index (χ0) is 57.5. The number of rotatable bonds is 7. The topological polar surface area (TPSA) is 11.4 Å². The van der Waals surface area contributed by atoms with Crippen LogP contribution >= 0.6 is 0 Å². The number of para-hydroxylation sites is 1. The molecule has 3 heteroatoms. The van der Waals surface area contributed by atoms with Crippen molar-refractivity contribution in [3.63, 3.8) is 0 Å². The molecule has 0 N–H and O–H groups in total. The third-order valence-corrected chi connectivity index (χ3v) is 20.5. The molecule has 12 aromatic carbocycles. The summed E-state index contributed by atoms with van der Waals surface area (Å²) in [5, 5.41) is 4.83. The second kappa shape index (κ2) is 17.4. The average Bonchev–Trinajstić information content (AvgIpc) is 2.69. The van der Waals surface area contributed by atoms with Crippen molar-refractivity contribution in [2.45, 2.75) is 77.0 Å². The number of aromatic nitrogens is 1. The Morgan fingerprint density at radius 2 is 0.553 bits per heavy atom. The van der Waals surface area contributed by atoms with Crippen LogP contribution in [0.5, 0.6) is 0 Å². The van der Waals surface area contributed by atoms with Gasteiger partial charge in [-0.2, -0.15) is 0 Å². The zero-order valence-corrected chi connectivity index (χ0v) is 49.5. The molecule has 0 bridgehead atoms. The van der Waals surface area contributed by atoms with Crippen molar-refractivity contribution in [2.24, 2.45) is 0 Å². The molecule has 0 saturated carbocycles. The summed E-state index contributed by atoms with van der Waals surface area (Å²) in [6, 6.07) is 94.7. The highest BCUT2D eigenvalue weighted by molar-refractivity contribution is 6.15. The van der Waals surface area contributed by atoms with E-state index in [1.807, 2.05) is 0 Å². The van der Waals surface area contributed by atoms with Gasteiger partial charge in [0.25, 0.3) is 0 Å². The molecule has 0 aliphatic heterocycles. The van der Waals surface area contributed by atoms with Crippen LogP contribution in [0.2, 0.25) is 0 Å². The summed E-state index contributed by atoms with van der Waals surface area (Å²) in [6.45, 7) is 19.1. The Kier molecular flexibility index (Phi) is 10.2. The molecule has 85 heavy (non-hydrogen) atoms. The van der Waals surface area contributed by atoms with Crippen LogP contribution in [0.3, 0.4) is 0 Å². The van der Waals surface area contributed by atoms with Crippen molar-refractivity contribution in [1.82, 2.24) is 4.57 Å². The first-order valence-corrected chi connectivity index (χ1v) is 30.3. The van der Waals surface area contributed by atoms with Crippen LogP contribution in [0.4, 0.5) is 34.1 Å². The van der Waals surface area contributed by atoms with E-state index < -0.39 is 0 Å². The molecule has 13 aromatic rings. The van der Waals surface area contributed by atoms with E-state index in [9.17, 15) is 0 Å². The Morgan fingerprint density at radius 3 is 0.965 bits per heavy atom. The smallest absolute Gasteiger partial charge is 0.0561 e. The minimum Gasteiger partial charge on any atom is -0.310 e. The standard InChI is InChI=1S/C82H65N3/c1-79(2)69-26-16-12-22-59(69)63-37-32-54(45-73(63)79)83(55-33-38-64-60-23-13-17-27-70(60)80(3,4)74(64)46-55)53-31-30-50-43-68-67-41-36-58(49-78(67)85(52-20-10-9-11-21-52)77(68)44-51(50)42-53)84(56-34-39-65-61-24-14-18-28-71(61)81(5,6)75(65)47-56)57-35-40-66-62-25-15-19-29-72(62)82(7,8)76(66)48-57/h9-49H,1-8H3. The van der Waals surface area contributed by atoms with Crippen molar-refractivity contribution in [3.05, 3.63) is 293 Å². The van der Waals surface area contributed by atoms with Crippen molar-refractivity contribution < 1.29 is 0 Å². The highest BCUT2D eigenvalue weighted by Gasteiger charge is 2.40. The number of anilines is 6. The zero-order valence-electron chi connectivity index (χ0n) is 49.5. The molecular formula is C82H65N3. The van der Waals surface area contributed by atoms with E-state index in [1.165, 1.54) is 116 Å². The van der Waals surface area contributed by atoms with Crippen LogP contribution in [-0.4, -0.2) is 4.57 Å². The quantitative estimate of drug-likeness (QED) is 0.158. The summed E-state index contributed by atoms with van der Waals surface area (Å²) in [5.41, 5.74) is 31.2. The minimum absolute atomic E-state index is 0.152. The summed E-state index contributed by atoms with van der Waals surface area (Å²) < 4.78 is 2.50. The van der Waals surface area contributed by atoms with Gasteiger partial charge in [0.2, 0.25) is 0 Å². The van der Waals surface area contributed by atoms with Gasteiger partial charge in [-0.25, -0.2) is 0 Å². The summed E-state index contributed by atoms with van der Waals surface area (Å²) >= 11 is 0. The molecule has 1 aromatic heterocycles. The molecule has 0 amide bonds. The van der Waals surface area contributed by atoms with Crippen LogP contribution in [-0.2, 0) is 21.7 Å². The first kappa shape index (κ1) is 49.9. The molecule has 17 rings (SSSR count). The largest absolute Gasteiger partial charge is 0.310 e. The summed E-state index contributed by atoms with van der Waals surface area (Å²) in [7, 11) is 0. The van der Waals surface area contributed by atoms with E-state index >= 15 is 0 Å². The van der Waals surface area contributed by atoms with Crippen LogP contribution in [0, 0.1) is 0 Å². The molecule has 0 saturated heterocycles. The summed E-state index contributed by atoms with van der Waals surface area (Å²) in [4.78, 5) is 5.02. The fourth-order valence-electron chi connectivity index (χ4n) is 16.1. The van der Waals surface area contributed by atoms with E-state index in [0.717, 1.165) is 45.3 Å². The molecular weight excluding hydrogens is 1030 g/mol. The fraction of sp³-hybridized carbons (Fsp3) is 0.146. The van der Waals surface area contributed by atoms with Crippen LogP contribution in [0.25, 0.3) is 82.8 Å². The minimum atomic E-state index is -0.160. The first-order chi connectivity index (χ1) is 41.2. The SMILES string of the molecule is CC1(C)c2ccccc2-c2ccc(N(c3ccc4c(c3)C(C)(C)c3ccccc3-4)c3ccc4cc5c6ccc(N(c7ccc8c(c7)C(C)(C)c7ccccc7-8)c7ccc8c(c7)C(C)(C)c7ccccc7-8)cc6n(-c6ccccc6)c5cc4c3)cc21. The Hall–Kier alpha value is -9.70. The van der Waals surface area contributed by atoms with E-state index in [2.05, 4.69) is 318 Å². The Bertz CT molecular complexity index is 4810. The molecule has 4 aliphatic carbocycles. The lowest BCUT2D eigenvalue weighted by Gasteiger charge is -2.30. The predicted octanol–water partition coefficient (Wildman–Crippen LogP) is 22.1. The molecule has 3 nitrogen and oxygen atoms in total. The molecule has 408 valence electrons. The number of fused-ring (bicyclic) bond motifs is 16. The van der Waals surface area contributed by atoms with Gasteiger partial charge in [-0.3, -0.25) is 0 Å². The molecule has 4 aliphatic rings. The van der Waals surface area contributed by atoms with Gasteiger partial charge in [0.05, 0.1) is 11.0 Å². The number of nitrogens with zero attached hydrogens (tertiary/aromatic N) is 3. The van der Waals surface area contributed by atoms with Crippen molar-refractivity contribution in [2.75, 3.05) is 9.80 Å².